The Morgan fingerprint density at radius 2 is 2.46 bits per heavy atom. The fourth-order valence-electron chi connectivity index (χ4n) is 1.12. The van der Waals surface area contributed by atoms with E-state index in [9.17, 15) is 5.11 Å². The van der Waals surface area contributed by atoms with Gasteiger partial charge in [-0.1, -0.05) is 0 Å². The average molecular weight is 195 g/mol. The molecule has 2 rings (SSSR count). The topological polar surface area (TPSA) is 46.3 Å². The first kappa shape index (κ1) is 8.47. The summed E-state index contributed by atoms with van der Waals surface area (Å²) in [6, 6.07) is 3.48. The van der Waals surface area contributed by atoms with Gasteiger partial charge in [0.15, 0.2) is 5.60 Å². The molecule has 0 aliphatic rings. The highest BCUT2D eigenvalue weighted by molar-refractivity contribution is 7.09. The second-order valence-electron chi connectivity index (χ2n) is 2.89. The van der Waals surface area contributed by atoms with E-state index in [1.165, 1.54) is 17.6 Å². The van der Waals surface area contributed by atoms with Gasteiger partial charge in [0.05, 0.1) is 6.26 Å². The highest BCUT2D eigenvalue weighted by Crippen LogP contribution is 2.30. The van der Waals surface area contributed by atoms with Gasteiger partial charge in [0.1, 0.15) is 10.8 Å². The second kappa shape index (κ2) is 2.97. The zero-order chi connectivity index (χ0) is 9.31. The van der Waals surface area contributed by atoms with Gasteiger partial charge >= 0.3 is 0 Å². The molecule has 4 heteroatoms. The molecule has 0 bridgehead atoms. The van der Waals surface area contributed by atoms with Crippen molar-refractivity contribution in [2.75, 3.05) is 0 Å². The van der Waals surface area contributed by atoms with Crippen molar-refractivity contribution >= 4 is 11.3 Å². The number of furan rings is 1. The summed E-state index contributed by atoms with van der Waals surface area (Å²) in [6.45, 7) is 1.67. The molecule has 0 aliphatic carbocycles. The molecule has 2 aromatic heterocycles. The Balaban J connectivity index is 2.42. The van der Waals surface area contributed by atoms with Crippen LogP contribution in [0.5, 0.6) is 0 Å². The van der Waals surface area contributed by atoms with Crippen molar-refractivity contribution in [1.29, 1.82) is 0 Å². The second-order valence-corrected chi connectivity index (χ2v) is 3.78. The summed E-state index contributed by atoms with van der Waals surface area (Å²) in [6.07, 6.45) is 3.20. The summed E-state index contributed by atoms with van der Waals surface area (Å²) >= 11 is 1.41. The highest BCUT2D eigenvalue weighted by Gasteiger charge is 2.31. The number of hydrogen-bond donors (Lipinski definition) is 1. The van der Waals surface area contributed by atoms with Crippen LogP contribution in [0.15, 0.2) is 34.4 Å². The van der Waals surface area contributed by atoms with E-state index in [0.29, 0.717) is 10.8 Å². The maximum Gasteiger partial charge on any atom is 0.170 e. The Labute approximate surface area is 79.7 Å². The zero-order valence-corrected chi connectivity index (χ0v) is 7.91. The first-order chi connectivity index (χ1) is 6.21. The van der Waals surface area contributed by atoms with Crippen LogP contribution in [0.3, 0.4) is 0 Å². The van der Waals surface area contributed by atoms with Crippen molar-refractivity contribution in [3.05, 3.63) is 40.7 Å². The predicted octanol–water partition coefficient (Wildman–Crippen LogP) is 1.99. The summed E-state index contributed by atoms with van der Waals surface area (Å²) in [7, 11) is 0. The molecule has 0 saturated carbocycles. The molecule has 13 heavy (non-hydrogen) atoms. The Morgan fingerprint density at radius 1 is 1.62 bits per heavy atom. The third-order valence-electron chi connectivity index (χ3n) is 1.85. The van der Waals surface area contributed by atoms with Crippen LogP contribution in [-0.2, 0) is 5.60 Å². The van der Waals surface area contributed by atoms with Gasteiger partial charge in [0.25, 0.3) is 0 Å². The lowest BCUT2D eigenvalue weighted by molar-refractivity contribution is 0.0764. The highest BCUT2D eigenvalue weighted by atomic mass is 32.1. The van der Waals surface area contributed by atoms with Gasteiger partial charge in [-0.3, -0.25) is 0 Å². The quantitative estimate of drug-likeness (QED) is 0.797. The van der Waals surface area contributed by atoms with E-state index in [1.54, 1.807) is 25.3 Å². The Bertz CT molecular complexity index is 328. The lowest BCUT2D eigenvalue weighted by Gasteiger charge is -2.16. The largest absolute Gasteiger partial charge is 0.466 e. The molecule has 0 fully saturated rings. The Morgan fingerprint density at radius 3 is 3.00 bits per heavy atom. The first-order valence-corrected chi connectivity index (χ1v) is 4.75. The molecule has 2 heterocycles. The molecule has 0 amide bonds. The van der Waals surface area contributed by atoms with Crippen molar-refractivity contribution in [2.45, 2.75) is 12.5 Å². The normalized spacial score (nSPS) is 15.5. The summed E-state index contributed by atoms with van der Waals surface area (Å²) in [5.74, 6) is 0.516. The molecular formula is C9H9NO2S. The third-order valence-corrected chi connectivity index (χ3v) is 2.83. The van der Waals surface area contributed by atoms with E-state index in [4.69, 9.17) is 4.42 Å². The van der Waals surface area contributed by atoms with Gasteiger partial charge in [-0.2, -0.15) is 0 Å². The molecule has 2 aromatic rings. The maximum atomic E-state index is 10.1. The lowest BCUT2D eigenvalue weighted by Crippen LogP contribution is -2.21. The van der Waals surface area contributed by atoms with Crippen LogP contribution < -0.4 is 0 Å². The molecule has 0 radical (unpaired) electrons. The smallest absolute Gasteiger partial charge is 0.170 e. The first-order valence-electron chi connectivity index (χ1n) is 3.87. The Hall–Kier alpha value is -1.13. The number of aromatic nitrogens is 1. The SMILES string of the molecule is CC(O)(c1ccco1)c1nccs1. The molecule has 1 N–H and O–H groups in total. The molecule has 0 aliphatic heterocycles. The Kier molecular flexibility index (Phi) is 1.94. The molecule has 1 atom stereocenters. The predicted molar refractivity (Wildman–Crippen MR) is 49.5 cm³/mol. The summed E-state index contributed by atoms with van der Waals surface area (Å²) < 4.78 is 5.14. The molecule has 1 unspecified atom stereocenters. The lowest BCUT2D eigenvalue weighted by atomic mass is 10.1. The summed E-state index contributed by atoms with van der Waals surface area (Å²) in [4.78, 5) is 4.05. The van der Waals surface area contributed by atoms with Gasteiger partial charge in [0, 0.05) is 11.6 Å². The van der Waals surface area contributed by atoms with Gasteiger partial charge < -0.3 is 9.52 Å². The average Bonchev–Trinajstić information content (AvgIpc) is 2.78. The van der Waals surface area contributed by atoms with Crippen molar-refractivity contribution in [2.24, 2.45) is 0 Å². The van der Waals surface area contributed by atoms with E-state index >= 15 is 0 Å². The van der Waals surface area contributed by atoms with Crippen molar-refractivity contribution < 1.29 is 9.52 Å². The van der Waals surface area contributed by atoms with E-state index in [1.807, 2.05) is 5.38 Å². The van der Waals surface area contributed by atoms with E-state index in [0.717, 1.165) is 0 Å². The number of nitrogens with zero attached hydrogens (tertiary/aromatic N) is 1. The van der Waals surface area contributed by atoms with Crippen LogP contribution >= 0.6 is 11.3 Å². The molecular weight excluding hydrogens is 186 g/mol. The van der Waals surface area contributed by atoms with Gasteiger partial charge in [-0.05, 0) is 19.1 Å². The number of hydrogen-bond acceptors (Lipinski definition) is 4. The fraction of sp³-hybridized carbons (Fsp3) is 0.222. The van der Waals surface area contributed by atoms with E-state index in [2.05, 4.69) is 4.98 Å². The maximum absolute atomic E-state index is 10.1. The van der Waals surface area contributed by atoms with Crippen LogP contribution in [0.25, 0.3) is 0 Å². The standard InChI is InChI=1S/C9H9NO2S/c1-9(11,7-3-2-5-12-7)8-10-4-6-13-8/h2-6,11H,1H3. The molecule has 0 aromatic carbocycles. The van der Waals surface area contributed by atoms with Gasteiger partial charge in [-0.15, -0.1) is 11.3 Å². The molecule has 0 saturated heterocycles. The molecule has 0 spiro atoms. The molecule has 68 valence electrons. The van der Waals surface area contributed by atoms with E-state index < -0.39 is 5.60 Å². The van der Waals surface area contributed by atoms with Crippen molar-refractivity contribution in [3.63, 3.8) is 0 Å². The van der Waals surface area contributed by atoms with Crippen LogP contribution in [0.4, 0.5) is 0 Å². The van der Waals surface area contributed by atoms with Gasteiger partial charge in [-0.25, -0.2) is 4.98 Å². The summed E-state index contributed by atoms with van der Waals surface area (Å²) in [5.41, 5.74) is -1.11. The van der Waals surface area contributed by atoms with Crippen LogP contribution in [0.2, 0.25) is 0 Å². The van der Waals surface area contributed by atoms with Crippen LogP contribution in [0.1, 0.15) is 17.7 Å². The van der Waals surface area contributed by atoms with E-state index in [-0.39, 0.29) is 0 Å². The minimum atomic E-state index is -1.11. The van der Waals surface area contributed by atoms with Crippen LogP contribution in [-0.4, -0.2) is 10.1 Å². The minimum absolute atomic E-state index is 0.516. The zero-order valence-electron chi connectivity index (χ0n) is 7.10. The third kappa shape index (κ3) is 1.38. The minimum Gasteiger partial charge on any atom is -0.466 e. The number of aliphatic hydroxyl groups is 1. The van der Waals surface area contributed by atoms with Gasteiger partial charge in [0.2, 0.25) is 0 Å². The monoisotopic (exact) mass is 195 g/mol. The summed E-state index contributed by atoms with van der Waals surface area (Å²) in [5, 5.41) is 12.6. The number of thiazole rings is 1. The number of rotatable bonds is 2. The van der Waals surface area contributed by atoms with Crippen LogP contribution in [0, 0.1) is 0 Å². The molecule has 3 nitrogen and oxygen atoms in total. The van der Waals surface area contributed by atoms with Crippen molar-refractivity contribution in [3.8, 4) is 0 Å². The van der Waals surface area contributed by atoms with Crippen molar-refractivity contribution in [1.82, 2.24) is 4.98 Å². The fourth-order valence-corrected chi connectivity index (χ4v) is 1.83.